The van der Waals surface area contributed by atoms with Gasteiger partial charge in [0.25, 0.3) is 0 Å². The molecule has 0 radical (unpaired) electrons. The van der Waals surface area contributed by atoms with Crippen molar-refractivity contribution in [3.63, 3.8) is 0 Å². The van der Waals surface area contributed by atoms with Crippen LogP contribution in [0.25, 0.3) is 11.0 Å². The number of benzene rings is 1. The van der Waals surface area contributed by atoms with Gasteiger partial charge in [-0.3, -0.25) is 4.79 Å². The van der Waals surface area contributed by atoms with Gasteiger partial charge in [0.2, 0.25) is 5.91 Å². The average molecular weight is 353 g/mol. The van der Waals surface area contributed by atoms with Crippen LogP contribution in [0, 0.1) is 0 Å². The Morgan fingerprint density at radius 3 is 2.90 bits per heavy atom. The Morgan fingerprint density at radius 1 is 1.33 bits per heavy atom. The highest BCUT2D eigenvalue weighted by Gasteiger charge is 2.11. The maximum Gasteiger partial charge on any atom is 0.221 e. The van der Waals surface area contributed by atoms with Crippen LogP contribution in [-0.4, -0.2) is 19.0 Å². The second-order valence-corrected chi connectivity index (χ2v) is 6.02. The van der Waals surface area contributed by atoms with Gasteiger partial charge >= 0.3 is 0 Å². The molecule has 2 aromatic rings. The molecule has 1 aromatic carbocycles. The number of fused-ring (bicyclic) bond motifs is 1. The normalized spacial score (nSPS) is 12.5. The molecule has 1 unspecified atom stereocenters. The number of carbonyl (C=O) groups excluding carboxylic acids is 1. The van der Waals surface area contributed by atoms with Gasteiger partial charge in [-0.1, -0.05) is 22.9 Å². The maximum absolute atomic E-state index is 11.5. The first-order valence-electron chi connectivity index (χ1n) is 7.29. The molecule has 114 valence electrons. The topological polar surface area (TPSA) is 54.3 Å². The van der Waals surface area contributed by atoms with E-state index in [2.05, 4.69) is 26.6 Å². The van der Waals surface area contributed by atoms with Crippen molar-refractivity contribution in [2.75, 3.05) is 13.1 Å². The van der Waals surface area contributed by atoms with Crippen LogP contribution < -0.4 is 10.6 Å². The van der Waals surface area contributed by atoms with Gasteiger partial charge < -0.3 is 15.1 Å². The molecule has 2 rings (SSSR count). The summed E-state index contributed by atoms with van der Waals surface area (Å²) in [6.45, 7) is 5.46. The van der Waals surface area contributed by atoms with Crippen LogP contribution in [0.4, 0.5) is 0 Å². The minimum atomic E-state index is 0.0788. The van der Waals surface area contributed by atoms with E-state index in [9.17, 15) is 4.79 Å². The summed E-state index contributed by atoms with van der Waals surface area (Å²) in [6.07, 6.45) is 1.44. The summed E-state index contributed by atoms with van der Waals surface area (Å²) in [5, 5.41) is 7.26. The number of halogens is 1. The number of carbonyl (C=O) groups is 1. The second kappa shape index (κ2) is 7.61. The molecule has 0 aliphatic carbocycles. The Hall–Kier alpha value is -1.33. The summed E-state index contributed by atoms with van der Waals surface area (Å²) in [7, 11) is 0. The lowest BCUT2D eigenvalue weighted by Crippen LogP contribution is -2.29. The van der Waals surface area contributed by atoms with Crippen LogP contribution in [0.1, 0.15) is 38.5 Å². The van der Waals surface area contributed by atoms with E-state index < -0.39 is 0 Å². The molecule has 0 aliphatic heterocycles. The average Bonchev–Trinajstić information content (AvgIpc) is 2.88. The molecule has 1 aromatic heterocycles. The van der Waals surface area contributed by atoms with Crippen LogP contribution in [0.15, 0.2) is 33.2 Å². The predicted molar refractivity (Wildman–Crippen MR) is 88.2 cm³/mol. The Bertz CT molecular complexity index is 609. The summed E-state index contributed by atoms with van der Waals surface area (Å²) < 4.78 is 6.86. The minimum Gasteiger partial charge on any atom is -0.459 e. The molecule has 1 heterocycles. The Morgan fingerprint density at radius 2 is 2.14 bits per heavy atom. The molecular weight excluding hydrogens is 332 g/mol. The largest absolute Gasteiger partial charge is 0.459 e. The highest BCUT2D eigenvalue weighted by atomic mass is 79.9. The lowest BCUT2D eigenvalue weighted by atomic mass is 10.2. The Balaban J connectivity index is 1.87. The van der Waals surface area contributed by atoms with Gasteiger partial charge in [0, 0.05) is 29.4 Å². The number of hydrogen-bond donors (Lipinski definition) is 2. The molecule has 0 aliphatic rings. The maximum atomic E-state index is 11.5. The second-order valence-electron chi connectivity index (χ2n) is 5.11. The zero-order valence-electron chi connectivity index (χ0n) is 12.4. The number of amides is 1. The summed E-state index contributed by atoms with van der Waals surface area (Å²) >= 11 is 3.46. The van der Waals surface area contributed by atoms with Gasteiger partial charge in [0.05, 0.1) is 6.04 Å². The van der Waals surface area contributed by atoms with Crippen molar-refractivity contribution < 1.29 is 9.21 Å². The smallest absolute Gasteiger partial charge is 0.221 e. The van der Waals surface area contributed by atoms with Gasteiger partial charge in [-0.2, -0.15) is 0 Å². The van der Waals surface area contributed by atoms with E-state index in [1.165, 1.54) is 0 Å². The van der Waals surface area contributed by atoms with Gasteiger partial charge in [-0.15, -0.1) is 0 Å². The van der Waals surface area contributed by atoms with E-state index in [1.807, 2.05) is 38.1 Å². The van der Waals surface area contributed by atoms with Crippen molar-refractivity contribution in [3.05, 3.63) is 34.5 Å². The predicted octanol–water partition coefficient (Wildman–Crippen LogP) is 3.76. The first-order chi connectivity index (χ1) is 10.1. The summed E-state index contributed by atoms with van der Waals surface area (Å²) in [4.78, 5) is 11.5. The summed E-state index contributed by atoms with van der Waals surface area (Å²) in [5.41, 5.74) is 0.877. The van der Waals surface area contributed by atoms with Crippen molar-refractivity contribution in [3.8, 4) is 0 Å². The molecular formula is C16H21BrN2O2. The Kier molecular flexibility index (Phi) is 5.82. The van der Waals surface area contributed by atoms with Crippen LogP contribution >= 0.6 is 15.9 Å². The molecule has 0 spiro atoms. The highest BCUT2D eigenvalue weighted by molar-refractivity contribution is 9.10. The first-order valence-corrected chi connectivity index (χ1v) is 8.08. The van der Waals surface area contributed by atoms with Gasteiger partial charge in [-0.25, -0.2) is 0 Å². The van der Waals surface area contributed by atoms with Crippen molar-refractivity contribution in [2.24, 2.45) is 0 Å². The third-order valence-electron chi connectivity index (χ3n) is 3.30. The lowest BCUT2D eigenvalue weighted by Gasteiger charge is -2.11. The molecule has 5 heteroatoms. The summed E-state index contributed by atoms with van der Waals surface area (Å²) in [6, 6.07) is 8.07. The summed E-state index contributed by atoms with van der Waals surface area (Å²) in [5.74, 6) is 0.974. The van der Waals surface area contributed by atoms with E-state index in [4.69, 9.17) is 4.42 Å². The Labute approximate surface area is 133 Å². The third-order valence-corrected chi connectivity index (χ3v) is 3.79. The fourth-order valence-electron chi connectivity index (χ4n) is 2.10. The van der Waals surface area contributed by atoms with E-state index in [1.54, 1.807) is 0 Å². The fourth-order valence-corrected chi connectivity index (χ4v) is 2.48. The van der Waals surface area contributed by atoms with E-state index in [0.29, 0.717) is 13.0 Å². The zero-order valence-corrected chi connectivity index (χ0v) is 14.0. The lowest BCUT2D eigenvalue weighted by molar-refractivity contribution is -0.121. The number of nitrogens with one attached hydrogen (secondary N) is 2. The van der Waals surface area contributed by atoms with Crippen LogP contribution in [0.3, 0.4) is 0 Å². The fraction of sp³-hybridized carbons (Fsp3) is 0.438. The van der Waals surface area contributed by atoms with Gasteiger partial charge in [0.1, 0.15) is 11.3 Å². The third kappa shape index (κ3) is 4.58. The highest BCUT2D eigenvalue weighted by Crippen LogP contribution is 2.26. The monoisotopic (exact) mass is 352 g/mol. The number of rotatable bonds is 7. The molecule has 1 atom stereocenters. The molecule has 0 saturated carbocycles. The SMILES string of the molecule is CCCNC(=O)CCNC(C)c1cc2cc(Br)ccc2o1. The molecule has 2 N–H and O–H groups in total. The van der Waals surface area contributed by atoms with E-state index >= 15 is 0 Å². The standard InChI is InChI=1S/C16H21BrN2O2/c1-3-7-19-16(20)6-8-18-11(2)15-10-12-9-13(17)4-5-14(12)21-15/h4-5,9-11,18H,3,6-8H2,1-2H3,(H,19,20). The van der Waals surface area contributed by atoms with Crippen LogP contribution in [-0.2, 0) is 4.79 Å². The minimum absolute atomic E-state index is 0.0788. The van der Waals surface area contributed by atoms with Gasteiger partial charge in [0.15, 0.2) is 0 Å². The molecule has 4 nitrogen and oxygen atoms in total. The zero-order chi connectivity index (χ0) is 15.2. The van der Waals surface area contributed by atoms with Crippen molar-refractivity contribution in [1.29, 1.82) is 0 Å². The quantitative estimate of drug-likeness (QED) is 0.797. The molecule has 0 saturated heterocycles. The van der Waals surface area contributed by atoms with E-state index in [-0.39, 0.29) is 11.9 Å². The van der Waals surface area contributed by atoms with Crippen LogP contribution in [0.2, 0.25) is 0 Å². The number of hydrogen-bond acceptors (Lipinski definition) is 3. The first kappa shape index (κ1) is 16.0. The molecule has 21 heavy (non-hydrogen) atoms. The molecule has 1 amide bonds. The van der Waals surface area contributed by atoms with Crippen molar-refractivity contribution >= 4 is 32.8 Å². The van der Waals surface area contributed by atoms with E-state index in [0.717, 1.165) is 34.2 Å². The van der Waals surface area contributed by atoms with Crippen molar-refractivity contribution in [1.82, 2.24) is 10.6 Å². The molecule has 0 fully saturated rings. The van der Waals surface area contributed by atoms with Gasteiger partial charge in [-0.05, 0) is 37.6 Å². The van der Waals surface area contributed by atoms with Crippen molar-refractivity contribution in [2.45, 2.75) is 32.7 Å². The number of furan rings is 1. The van der Waals surface area contributed by atoms with Crippen LogP contribution in [0.5, 0.6) is 0 Å². The molecule has 0 bridgehead atoms.